The van der Waals surface area contributed by atoms with E-state index in [1.807, 2.05) is 31.2 Å². The van der Waals surface area contributed by atoms with Gasteiger partial charge in [0.05, 0.1) is 16.8 Å². The maximum absolute atomic E-state index is 12.6. The second kappa shape index (κ2) is 7.40. The molecule has 1 aliphatic heterocycles. The monoisotopic (exact) mass is 395 g/mol. The summed E-state index contributed by atoms with van der Waals surface area (Å²) < 4.78 is 28.9. The second-order valence-electron chi connectivity index (χ2n) is 6.45. The summed E-state index contributed by atoms with van der Waals surface area (Å²) in [5.41, 5.74) is 1.89. The van der Waals surface area contributed by atoms with Gasteiger partial charge in [-0.05, 0) is 31.9 Å². The molecule has 140 valence electrons. The smallest absolute Gasteiger partial charge is 0.277 e. The fourth-order valence-electron chi connectivity index (χ4n) is 2.93. The van der Waals surface area contributed by atoms with Crippen LogP contribution < -0.4 is 0 Å². The Kier molecular flexibility index (Phi) is 5.38. The van der Waals surface area contributed by atoms with Gasteiger partial charge in [-0.1, -0.05) is 30.0 Å². The van der Waals surface area contributed by atoms with Crippen LogP contribution in [-0.2, 0) is 14.6 Å². The highest BCUT2D eigenvalue weighted by Gasteiger charge is 2.34. The summed E-state index contributed by atoms with van der Waals surface area (Å²) in [4.78, 5) is 14.1. The topological polar surface area (TPSA) is 93.4 Å². The van der Waals surface area contributed by atoms with Gasteiger partial charge >= 0.3 is 0 Å². The molecule has 0 radical (unpaired) electrons. The minimum absolute atomic E-state index is 0.0324. The Hall–Kier alpha value is -1.87. The summed E-state index contributed by atoms with van der Waals surface area (Å²) in [6, 6.07) is 7.44. The van der Waals surface area contributed by atoms with Crippen LogP contribution in [-0.4, -0.2) is 59.3 Å². The number of hydrogen-bond acceptors (Lipinski definition) is 7. The summed E-state index contributed by atoms with van der Waals surface area (Å²) >= 11 is 1.18. The molecule has 0 saturated carbocycles. The molecule has 3 rings (SSSR count). The number of hydrogen-bond donors (Lipinski definition) is 0. The number of sulfone groups is 1. The summed E-state index contributed by atoms with van der Waals surface area (Å²) in [7, 11) is -1.38. The summed E-state index contributed by atoms with van der Waals surface area (Å²) in [6.45, 7) is 3.72. The number of aromatic nitrogens is 2. The van der Waals surface area contributed by atoms with Crippen molar-refractivity contribution in [3.8, 4) is 11.5 Å². The highest BCUT2D eigenvalue weighted by Crippen LogP contribution is 2.29. The largest absolute Gasteiger partial charge is 0.411 e. The number of aryl methyl sites for hydroxylation is 1. The van der Waals surface area contributed by atoms with Crippen LogP contribution in [0.2, 0.25) is 0 Å². The molecule has 0 bridgehead atoms. The fourth-order valence-corrected chi connectivity index (χ4v) is 5.49. The average Bonchev–Trinajstić information content (AvgIpc) is 3.20. The van der Waals surface area contributed by atoms with Crippen molar-refractivity contribution in [3.63, 3.8) is 0 Å². The van der Waals surface area contributed by atoms with Crippen LogP contribution in [0.4, 0.5) is 0 Å². The van der Waals surface area contributed by atoms with Gasteiger partial charge < -0.3 is 9.32 Å². The van der Waals surface area contributed by atoms with Crippen LogP contribution in [0.3, 0.4) is 0 Å². The van der Waals surface area contributed by atoms with Gasteiger partial charge in [-0.3, -0.25) is 4.79 Å². The van der Waals surface area contributed by atoms with Crippen LogP contribution in [0.1, 0.15) is 18.9 Å². The molecule has 0 N–H and O–H groups in total. The third kappa shape index (κ3) is 4.09. The Labute approximate surface area is 157 Å². The zero-order chi connectivity index (χ0) is 18.9. The lowest BCUT2D eigenvalue weighted by molar-refractivity contribution is -0.130. The van der Waals surface area contributed by atoms with Crippen molar-refractivity contribution in [1.82, 2.24) is 15.1 Å². The van der Waals surface area contributed by atoms with Gasteiger partial charge in [0.1, 0.15) is 0 Å². The number of carbonyl (C=O) groups excluding carboxylic acids is 1. The molecule has 2 heterocycles. The van der Waals surface area contributed by atoms with Gasteiger partial charge in [0, 0.05) is 18.7 Å². The Morgan fingerprint density at radius 2 is 2.08 bits per heavy atom. The molecule has 2 aromatic rings. The first-order valence-electron chi connectivity index (χ1n) is 8.30. The van der Waals surface area contributed by atoms with E-state index in [9.17, 15) is 13.2 Å². The third-order valence-electron chi connectivity index (χ3n) is 4.51. The first-order valence-corrected chi connectivity index (χ1v) is 11.0. The molecule has 1 amide bonds. The summed E-state index contributed by atoms with van der Waals surface area (Å²) in [5, 5.41) is 7.94. The average molecular weight is 396 g/mol. The molecule has 2 atom stereocenters. The predicted octanol–water partition coefficient (Wildman–Crippen LogP) is 2.17. The Morgan fingerprint density at radius 3 is 2.73 bits per heavy atom. The number of amides is 1. The maximum atomic E-state index is 12.6. The first-order chi connectivity index (χ1) is 12.3. The van der Waals surface area contributed by atoms with E-state index in [0.29, 0.717) is 17.5 Å². The predicted molar refractivity (Wildman–Crippen MR) is 99.6 cm³/mol. The SMILES string of the molecule is Cc1ccccc1-c1nnc(S[C@@H](C)C(=O)N(C)[C@H]2CCS(=O)(=O)C2)o1. The molecule has 1 aliphatic rings. The molecule has 7 nitrogen and oxygen atoms in total. The molecular formula is C17H21N3O4S2. The second-order valence-corrected chi connectivity index (χ2v) is 9.97. The van der Waals surface area contributed by atoms with E-state index in [0.717, 1.165) is 11.1 Å². The number of nitrogens with zero attached hydrogens (tertiary/aromatic N) is 3. The molecule has 26 heavy (non-hydrogen) atoms. The highest BCUT2D eigenvalue weighted by molar-refractivity contribution is 8.00. The zero-order valence-corrected chi connectivity index (χ0v) is 16.5. The van der Waals surface area contributed by atoms with Gasteiger partial charge in [-0.25, -0.2) is 8.42 Å². The lowest BCUT2D eigenvalue weighted by atomic mass is 10.1. The molecular weight excluding hydrogens is 374 g/mol. The molecule has 1 aromatic heterocycles. The Bertz CT molecular complexity index is 910. The van der Waals surface area contributed by atoms with Crippen molar-refractivity contribution in [1.29, 1.82) is 0 Å². The van der Waals surface area contributed by atoms with Crippen LogP contribution >= 0.6 is 11.8 Å². The molecule has 9 heteroatoms. The van der Waals surface area contributed by atoms with E-state index >= 15 is 0 Å². The molecule has 0 spiro atoms. The van der Waals surface area contributed by atoms with E-state index in [1.54, 1.807) is 14.0 Å². The van der Waals surface area contributed by atoms with E-state index in [-0.39, 0.29) is 23.5 Å². The van der Waals surface area contributed by atoms with Crippen molar-refractivity contribution in [3.05, 3.63) is 29.8 Å². The van der Waals surface area contributed by atoms with E-state index in [2.05, 4.69) is 10.2 Å². The normalized spacial score (nSPS) is 20.0. The van der Waals surface area contributed by atoms with Gasteiger partial charge in [-0.15, -0.1) is 10.2 Å². The minimum Gasteiger partial charge on any atom is -0.411 e. The van der Waals surface area contributed by atoms with Crippen molar-refractivity contribution < 1.29 is 17.6 Å². The molecule has 1 fully saturated rings. The van der Waals surface area contributed by atoms with E-state index in [1.165, 1.54) is 16.7 Å². The lowest BCUT2D eigenvalue weighted by Crippen LogP contribution is -2.41. The number of benzene rings is 1. The fraction of sp³-hybridized carbons (Fsp3) is 0.471. The van der Waals surface area contributed by atoms with Gasteiger partial charge in [0.2, 0.25) is 11.8 Å². The lowest BCUT2D eigenvalue weighted by Gasteiger charge is -2.25. The van der Waals surface area contributed by atoms with Crippen molar-refractivity contribution in [2.45, 2.75) is 36.8 Å². The van der Waals surface area contributed by atoms with Crippen molar-refractivity contribution in [2.75, 3.05) is 18.6 Å². The van der Waals surface area contributed by atoms with Crippen molar-refractivity contribution >= 4 is 27.5 Å². The Balaban J connectivity index is 1.66. The van der Waals surface area contributed by atoms with Crippen LogP contribution in [0.15, 0.2) is 33.9 Å². The molecule has 1 aromatic carbocycles. The number of thioether (sulfide) groups is 1. The number of carbonyl (C=O) groups is 1. The van der Waals surface area contributed by atoms with Crippen LogP contribution in [0, 0.1) is 6.92 Å². The van der Waals surface area contributed by atoms with Crippen LogP contribution in [0.5, 0.6) is 0 Å². The van der Waals surface area contributed by atoms with Gasteiger partial charge in [-0.2, -0.15) is 0 Å². The molecule has 0 unspecified atom stereocenters. The maximum Gasteiger partial charge on any atom is 0.277 e. The molecule has 1 saturated heterocycles. The standard InChI is InChI=1S/C17H21N3O4S2/c1-11-6-4-5-7-14(11)15-18-19-17(24-15)25-12(2)16(21)20(3)13-8-9-26(22,23)10-13/h4-7,12-13H,8-10H2,1-3H3/t12-,13-/m0/s1. The minimum atomic E-state index is -3.03. The van der Waals surface area contributed by atoms with Crippen LogP contribution in [0.25, 0.3) is 11.5 Å². The highest BCUT2D eigenvalue weighted by atomic mass is 32.2. The van der Waals surface area contributed by atoms with Crippen molar-refractivity contribution in [2.24, 2.45) is 0 Å². The quantitative estimate of drug-likeness (QED) is 0.716. The van der Waals surface area contributed by atoms with Gasteiger partial charge in [0.15, 0.2) is 9.84 Å². The van der Waals surface area contributed by atoms with Gasteiger partial charge in [0.25, 0.3) is 5.22 Å². The number of rotatable bonds is 5. The van der Waals surface area contributed by atoms with E-state index in [4.69, 9.17) is 4.42 Å². The first kappa shape index (κ1) is 18.9. The third-order valence-corrected chi connectivity index (χ3v) is 7.18. The summed E-state index contributed by atoms with van der Waals surface area (Å²) in [6.07, 6.45) is 0.486. The Morgan fingerprint density at radius 1 is 1.35 bits per heavy atom. The molecule has 0 aliphatic carbocycles. The zero-order valence-electron chi connectivity index (χ0n) is 14.9. The summed E-state index contributed by atoms with van der Waals surface area (Å²) in [5.74, 6) is 0.443. The van der Waals surface area contributed by atoms with E-state index < -0.39 is 15.1 Å².